The molecule has 1 fully saturated rings. The number of carbonyl (C=O) groups excluding carboxylic acids is 1. The summed E-state index contributed by atoms with van der Waals surface area (Å²) < 4.78 is 11.2. The monoisotopic (exact) mass is 368 g/mol. The lowest BCUT2D eigenvalue weighted by Gasteiger charge is -2.30. The summed E-state index contributed by atoms with van der Waals surface area (Å²) in [6.45, 7) is 6.69. The molecule has 0 bridgehead atoms. The molecule has 0 radical (unpaired) electrons. The first-order chi connectivity index (χ1) is 13.1. The van der Waals surface area contributed by atoms with Crippen LogP contribution in [0, 0.1) is 12.8 Å². The third-order valence-corrected chi connectivity index (χ3v) is 4.94. The lowest BCUT2D eigenvalue weighted by Crippen LogP contribution is -2.38. The Labute approximate surface area is 158 Å². The molecular formula is C20H24N4O3. The van der Waals surface area contributed by atoms with E-state index in [1.54, 1.807) is 13.0 Å². The second kappa shape index (κ2) is 7.42. The molecule has 7 heteroatoms. The van der Waals surface area contributed by atoms with Crippen molar-refractivity contribution in [2.24, 2.45) is 5.92 Å². The van der Waals surface area contributed by atoms with E-state index in [9.17, 15) is 4.79 Å². The minimum Gasteiger partial charge on any atom is -0.486 e. The topological polar surface area (TPSA) is 76.6 Å². The van der Waals surface area contributed by atoms with Crippen LogP contribution >= 0.6 is 0 Å². The van der Waals surface area contributed by atoms with Gasteiger partial charge in [0.25, 0.3) is 5.91 Å². The van der Waals surface area contributed by atoms with Crippen molar-refractivity contribution in [3.8, 4) is 11.5 Å². The van der Waals surface area contributed by atoms with Gasteiger partial charge in [0.05, 0.1) is 0 Å². The van der Waals surface area contributed by atoms with Crippen molar-refractivity contribution < 1.29 is 14.3 Å². The Balaban J connectivity index is 1.53. The Morgan fingerprint density at radius 2 is 1.85 bits per heavy atom. The van der Waals surface area contributed by atoms with Gasteiger partial charge in [0.2, 0.25) is 0 Å². The van der Waals surface area contributed by atoms with E-state index in [0.717, 1.165) is 37.4 Å². The highest BCUT2D eigenvalue weighted by Gasteiger charge is 2.23. The lowest BCUT2D eigenvalue weighted by atomic mass is 9.99. The molecule has 1 aromatic heterocycles. The first-order valence-corrected chi connectivity index (χ1v) is 9.40. The molecular weight excluding hydrogens is 344 g/mol. The van der Waals surface area contributed by atoms with Crippen molar-refractivity contribution in [2.45, 2.75) is 26.7 Å². The number of piperidine rings is 1. The van der Waals surface area contributed by atoms with Crippen LogP contribution < -0.4 is 14.8 Å². The van der Waals surface area contributed by atoms with Crippen LogP contribution in [0.1, 0.15) is 36.1 Å². The average Bonchev–Trinajstić information content (AvgIpc) is 2.67. The van der Waals surface area contributed by atoms with Crippen LogP contribution in [0.4, 0.5) is 11.5 Å². The molecule has 27 heavy (non-hydrogen) atoms. The van der Waals surface area contributed by atoms with E-state index < -0.39 is 0 Å². The molecule has 2 aliphatic heterocycles. The Hall–Kier alpha value is -2.83. The number of amides is 1. The van der Waals surface area contributed by atoms with Gasteiger partial charge in [0.15, 0.2) is 11.5 Å². The van der Waals surface area contributed by atoms with Gasteiger partial charge in [-0.1, -0.05) is 6.92 Å². The molecule has 0 atom stereocenters. The van der Waals surface area contributed by atoms with Crippen LogP contribution in [0.2, 0.25) is 0 Å². The van der Waals surface area contributed by atoms with Gasteiger partial charge < -0.3 is 19.7 Å². The summed E-state index contributed by atoms with van der Waals surface area (Å²) in [6, 6.07) is 7.36. The first-order valence-electron chi connectivity index (χ1n) is 9.40. The van der Waals surface area contributed by atoms with Crippen LogP contribution in [0.5, 0.6) is 11.5 Å². The molecule has 1 N–H and O–H groups in total. The second-order valence-electron chi connectivity index (χ2n) is 7.14. The van der Waals surface area contributed by atoms with E-state index in [1.165, 1.54) is 0 Å². The number of fused-ring (bicyclic) bond motifs is 1. The summed E-state index contributed by atoms with van der Waals surface area (Å²) in [5.74, 6) is 3.24. The van der Waals surface area contributed by atoms with Crippen molar-refractivity contribution in [2.75, 3.05) is 31.6 Å². The third kappa shape index (κ3) is 3.97. The number of benzene rings is 1. The molecule has 1 saturated heterocycles. The number of aromatic nitrogens is 2. The van der Waals surface area contributed by atoms with Crippen molar-refractivity contribution in [1.29, 1.82) is 0 Å². The fourth-order valence-corrected chi connectivity index (χ4v) is 3.38. The number of hydrogen-bond acceptors (Lipinski definition) is 6. The minimum absolute atomic E-state index is 0.0300. The number of hydrogen-bond donors (Lipinski definition) is 1. The summed E-state index contributed by atoms with van der Waals surface area (Å²) in [5.41, 5.74) is 1.25. The number of aryl methyl sites for hydroxylation is 1. The fourth-order valence-electron chi connectivity index (χ4n) is 3.38. The van der Waals surface area contributed by atoms with Crippen LogP contribution in [-0.2, 0) is 0 Å². The normalized spacial score (nSPS) is 16.9. The Morgan fingerprint density at radius 1 is 1.11 bits per heavy atom. The minimum atomic E-state index is -0.0300. The summed E-state index contributed by atoms with van der Waals surface area (Å²) in [4.78, 5) is 23.5. The number of ether oxygens (including phenoxy) is 2. The zero-order valence-corrected chi connectivity index (χ0v) is 15.7. The average molecular weight is 368 g/mol. The molecule has 142 valence electrons. The van der Waals surface area contributed by atoms with E-state index in [-0.39, 0.29) is 5.91 Å². The van der Waals surface area contributed by atoms with Crippen LogP contribution in [-0.4, -0.2) is 47.1 Å². The summed E-state index contributed by atoms with van der Waals surface area (Å²) in [5, 5.41) is 3.24. The number of nitrogens with one attached hydrogen (secondary N) is 1. The SMILES string of the molecule is Cc1nc(Nc2ccc3c(c2)OCCO3)cc(C(=O)N2CCC(C)CC2)n1. The van der Waals surface area contributed by atoms with Crippen LogP contribution in [0.3, 0.4) is 0 Å². The first kappa shape index (κ1) is 17.6. The Morgan fingerprint density at radius 3 is 2.63 bits per heavy atom. The predicted molar refractivity (Wildman–Crippen MR) is 102 cm³/mol. The number of carbonyl (C=O) groups is 1. The zero-order valence-electron chi connectivity index (χ0n) is 15.7. The van der Waals surface area contributed by atoms with Crippen molar-refractivity contribution in [3.63, 3.8) is 0 Å². The number of anilines is 2. The third-order valence-electron chi connectivity index (χ3n) is 4.94. The smallest absolute Gasteiger partial charge is 0.272 e. The molecule has 4 rings (SSSR count). The molecule has 3 heterocycles. The number of rotatable bonds is 3. The molecule has 1 amide bonds. The van der Waals surface area contributed by atoms with Gasteiger partial charge in [-0.3, -0.25) is 4.79 Å². The maximum absolute atomic E-state index is 12.8. The largest absolute Gasteiger partial charge is 0.486 e. The van der Waals surface area contributed by atoms with E-state index in [0.29, 0.717) is 42.2 Å². The van der Waals surface area contributed by atoms with Gasteiger partial charge in [-0.15, -0.1) is 0 Å². The summed E-state index contributed by atoms with van der Waals surface area (Å²) in [6.07, 6.45) is 2.08. The highest BCUT2D eigenvalue weighted by Crippen LogP contribution is 2.33. The molecule has 1 aromatic carbocycles. The standard InChI is InChI=1S/C20H24N4O3/c1-13-5-7-24(8-6-13)20(25)16-12-19(22-14(2)21-16)23-15-3-4-17-18(11-15)27-10-9-26-17/h3-4,11-13H,5-10H2,1-2H3,(H,21,22,23). The van der Waals surface area contributed by atoms with Gasteiger partial charge in [0, 0.05) is 30.9 Å². The van der Waals surface area contributed by atoms with E-state index in [4.69, 9.17) is 9.47 Å². The Kier molecular flexibility index (Phi) is 4.83. The van der Waals surface area contributed by atoms with Crippen molar-refractivity contribution >= 4 is 17.4 Å². The Bertz CT molecular complexity index is 847. The molecule has 0 aliphatic carbocycles. The maximum Gasteiger partial charge on any atom is 0.272 e. The second-order valence-corrected chi connectivity index (χ2v) is 7.14. The highest BCUT2D eigenvalue weighted by atomic mass is 16.6. The van der Waals surface area contributed by atoms with Gasteiger partial charge in [-0.05, 0) is 37.8 Å². The van der Waals surface area contributed by atoms with Crippen LogP contribution in [0.25, 0.3) is 0 Å². The van der Waals surface area contributed by atoms with E-state index in [1.807, 2.05) is 23.1 Å². The van der Waals surface area contributed by atoms with Gasteiger partial charge in [-0.2, -0.15) is 0 Å². The molecule has 7 nitrogen and oxygen atoms in total. The predicted octanol–water partition coefficient (Wildman–Crippen LogP) is 3.17. The quantitative estimate of drug-likeness (QED) is 0.897. The van der Waals surface area contributed by atoms with Crippen molar-refractivity contribution in [3.05, 3.63) is 35.8 Å². The van der Waals surface area contributed by atoms with E-state index >= 15 is 0 Å². The van der Waals surface area contributed by atoms with Gasteiger partial charge in [0.1, 0.15) is 30.5 Å². The van der Waals surface area contributed by atoms with Gasteiger partial charge >= 0.3 is 0 Å². The highest BCUT2D eigenvalue weighted by molar-refractivity contribution is 5.93. The lowest BCUT2D eigenvalue weighted by molar-refractivity contribution is 0.0691. The fraction of sp³-hybridized carbons (Fsp3) is 0.450. The van der Waals surface area contributed by atoms with E-state index in [2.05, 4.69) is 22.2 Å². The van der Waals surface area contributed by atoms with Gasteiger partial charge in [-0.25, -0.2) is 9.97 Å². The van der Waals surface area contributed by atoms with Crippen molar-refractivity contribution in [1.82, 2.24) is 14.9 Å². The molecule has 0 saturated carbocycles. The number of likely N-dealkylation sites (tertiary alicyclic amines) is 1. The molecule has 0 spiro atoms. The zero-order chi connectivity index (χ0) is 18.8. The molecule has 0 unspecified atom stereocenters. The molecule has 2 aromatic rings. The van der Waals surface area contributed by atoms with Crippen LogP contribution in [0.15, 0.2) is 24.3 Å². The number of nitrogens with zero attached hydrogens (tertiary/aromatic N) is 3. The maximum atomic E-state index is 12.8. The molecule has 2 aliphatic rings. The summed E-state index contributed by atoms with van der Waals surface area (Å²) in [7, 11) is 0. The summed E-state index contributed by atoms with van der Waals surface area (Å²) >= 11 is 0.